The van der Waals surface area contributed by atoms with E-state index in [-0.39, 0.29) is 22.6 Å². The molecular formula is C15H13N5O. The van der Waals surface area contributed by atoms with E-state index in [4.69, 9.17) is 10.5 Å². The second kappa shape index (κ2) is 6.88. The van der Waals surface area contributed by atoms with Crippen LogP contribution in [-0.2, 0) is 6.42 Å². The monoisotopic (exact) mass is 279 g/mol. The number of H-pyrrole nitrogens is 1. The van der Waals surface area contributed by atoms with Crippen LogP contribution in [0.5, 0.6) is 0 Å². The van der Waals surface area contributed by atoms with Crippen LogP contribution in [0.3, 0.4) is 0 Å². The summed E-state index contributed by atoms with van der Waals surface area (Å²) in [6, 6.07) is 8.49. The molecule has 0 saturated heterocycles. The van der Waals surface area contributed by atoms with Gasteiger partial charge in [0.1, 0.15) is 12.1 Å². The number of carbonyl (C=O) groups is 1. The minimum Gasteiger partial charge on any atom is -0.352 e. The highest BCUT2D eigenvalue weighted by Gasteiger charge is 2.14. The van der Waals surface area contributed by atoms with Crippen LogP contribution in [0.15, 0.2) is 30.7 Å². The van der Waals surface area contributed by atoms with Crippen LogP contribution in [-0.4, -0.2) is 22.4 Å². The van der Waals surface area contributed by atoms with Crippen LogP contribution in [0.25, 0.3) is 0 Å². The second-order valence-corrected chi connectivity index (χ2v) is 4.39. The minimum absolute atomic E-state index is 0.117. The zero-order chi connectivity index (χ0) is 15.1. The number of nitriles is 2. The number of aryl methyl sites for hydroxylation is 1. The summed E-state index contributed by atoms with van der Waals surface area (Å²) in [6.07, 6.45) is 4.89. The first kappa shape index (κ1) is 14.3. The molecule has 1 aromatic heterocycles. The fraction of sp³-hybridized carbons (Fsp3) is 0.200. The Morgan fingerprint density at radius 3 is 2.86 bits per heavy atom. The lowest BCUT2D eigenvalue weighted by Gasteiger charge is -2.07. The third-order valence-electron chi connectivity index (χ3n) is 3.00. The maximum absolute atomic E-state index is 12.1. The van der Waals surface area contributed by atoms with E-state index in [1.165, 1.54) is 6.07 Å². The second-order valence-electron chi connectivity index (χ2n) is 4.39. The summed E-state index contributed by atoms with van der Waals surface area (Å²) in [6.45, 7) is 0.486. The van der Waals surface area contributed by atoms with Gasteiger partial charge in [-0.25, -0.2) is 4.98 Å². The number of aromatic nitrogens is 2. The standard InChI is InChI=1S/C15H13N5O/c16-7-11-3-1-5-13(14(11)8-17)15(21)19-6-2-4-12-9-18-10-20-12/h1,3,5,9-10H,2,4,6H2,(H,18,20)(H,19,21). The molecule has 21 heavy (non-hydrogen) atoms. The molecule has 1 amide bonds. The normalized spacial score (nSPS) is 9.62. The molecule has 1 aromatic carbocycles. The summed E-state index contributed by atoms with van der Waals surface area (Å²) < 4.78 is 0. The van der Waals surface area contributed by atoms with E-state index in [9.17, 15) is 4.79 Å². The molecule has 1 heterocycles. The van der Waals surface area contributed by atoms with Gasteiger partial charge < -0.3 is 10.3 Å². The zero-order valence-electron chi connectivity index (χ0n) is 11.3. The SMILES string of the molecule is N#Cc1cccc(C(=O)NCCCc2cnc[nH]2)c1C#N. The van der Waals surface area contributed by atoms with Crippen molar-refractivity contribution in [2.45, 2.75) is 12.8 Å². The molecule has 6 heteroatoms. The number of rotatable bonds is 5. The third kappa shape index (κ3) is 3.46. The summed E-state index contributed by atoms with van der Waals surface area (Å²) in [4.78, 5) is 19.0. The van der Waals surface area contributed by atoms with Gasteiger partial charge in [0.15, 0.2) is 0 Å². The lowest BCUT2D eigenvalue weighted by Crippen LogP contribution is -2.25. The summed E-state index contributed by atoms with van der Waals surface area (Å²) in [5.41, 5.74) is 1.57. The summed E-state index contributed by atoms with van der Waals surface area (Å²) in [5, 5.41) is 20.8. The Morgan fingerprint density at radius 2 is 2.19 bits per heavy atom. The van der Waals surface area contributed by atoms with Gasteiger partial charge in [-0.15, -0.1) is 0 Å². The highest BCUT2D eigenvalue weighted by atomic mass is 16.1. The smallest absolute Gasteiger partial charge is 0.252 e. The van der Waals surface area contributed by atoms with Crippen molar-refractivity contribution < 1.29 is 4.79 Å². The maximum atomic E-state index is 12.1. The first-order chi connectivity index (χ1) is 10.3. The van der Waals surface area contributed by atoms with Crippen LogP contribution in [0.1, 0.15) is 33.6 Å². The van der Waals surface area contributed by atoms with Gasteiger partial charge in [0.2, 0.25) is 0 Å². The summed E-state index contributed by atoms with van der Waals surface area (Å²) >= 11 is 0. The summed E-state index contributed by atoms with van der Waals surface area (Å²) in [5.74, 6) is -0.340. The van der Waals surface area contributed by atoms with E-state index in [2.05, 4.69) is 15.3 Å². The van der Waals surface area contributed by atoms with Crippen molar-refractivity contribution in [3.8, 4) is 12.1 Å². The molecule has 0 aliphatic heterocycles. The molecule has 2 N–H and O–H groups in total. The molecule has 0 saturated carbocycles. The van der Waals surface area contributed by atoms with Crippen molar-refractivity contribution in [3.63, 3.8) is 0 Å². The Hall–Kier alpha value is -3.12. The number of benzene rings is 1. The molecule has 0 atom stereocenters. The third-order valence-corrected chi connectivity index (χ3v) is 3.00. The van der Waals surface area contributed by atoms with Crippen molar-refractivity contribution in [2.24, 2.45) is 0 Å². The molecule has 0 bridgehead atoms. The van der Waals surface area contributed by atoms with Crippen molar-refractivity contribution >= 4 is 5.91 Å². The van der Waals surface area contributed by atoms with Gasteiger partial charge in [0.05, 0.1) is 23.0 Å². The highest BCUT2D eigenvalue weighted by Crippen LogP contribution is 2.13. The molecular weight excluding hydrogens is 266 g/mol. The van der Waals surface area contributed by atoms with Crippen molar-refractivity contribution in [2.75, 3.05) is 6.54 Å². The Bertz CT molecular complexity index is 707. The average Bonchev–Trinajstić information content (AvgIpc) is 3.03. The van der Waals surface area contributed by atoms with E-state index in [1.54, 1.807) is 24.7 Å². The average molecular weight is 279 g/mol. The van der Waals surface area contributed by atoms with Crippen LogP contribution in [0, 0.1) is 22.7 Å². The Morgan fingerprint density at radius 1 is 1.33 bits per heavy atom. The summed E-state index contributed by atoms with van der Waals surface area (Å²) in [7, 11) is 0. The van der Waals surface area contributed by atoms with Crippen molar-refractivity contribution in [1.82, 2.24) is 15.3 Å². The number of carbonyl (C=O) groups excluding carboxylic acids is 1. The van der Waals surface area contributed by atoms with Gasteiger partial charge >= 0.3 is 0 Å². The number of hydrogen-bond donors (Lipinski definition) is 2. The van der Waals surface area contributed by atoms with Gasteiger partial charge in [-0.3, -0.25) is 4.79 Å². The van der Waals surface area contributed by atoms with Gasteiger partial charge in [0, 0.05) is 18.4 Å². The number of hydrogen-bond acceptors (Lipinski definition) is 4. The quantitative estimate of drug-likeness (QED) is 0.809. The molecule has 0 spiro atoms. The molecule has 0 aliphatic carbocycles. The lowest BCUT2D eigenvalue weighted by atomic mass is 10.0. The maximum Gasteiger partial charge on any atom is 0.252 e. The van der Waals surface area contributed by atoms with Crippen molar-refractivity contribution in [1.29, 1.82) is 10.5 Å². The Kier molecular flexibility index (Phi) is 4.68. The topological polar surface area (TPSA) is 105 Å². The molecule has 0 radical (unpaired) electrons. The number of amides is 1. The van der Waals surface area contributed by atoms with Crippen LogP contribution < -0.4 is 5.32 Å². The Labute approximate surface area is 122 Å². The minimum atomic E-state index is -0.340. The van der Waals surface area contributed by atoms with Crippen molar-refractivity contribution in [3.05, 3.63) is 53.1 Å². The van der Waals surface area contributed by atoms with E-state index in [0.29, 0.717) is 6.54 Å². The van der Waals surface area contributed by atoms with E-state index < -0.39 is 0 Å². The fourth-order valence-corrected chi connectivity index (χ4v) is 1.95. The van der Waals surface area contributed by atoms with Crippen LogP contribution >= 0.6 is 0 Å². The first-order valence-corrected chi connectivity index (χ1v) is 6.45. The molecule has 0 fully saturated rings. The molecule has 2 aromatic rings. The van der Waals surface area contributed by atoms with E-state index in [1.807, 2.05) is 12.1 Å². The highest BCUT2D eigenvalue weighted by molar-refractivity contribution is 5.97. The lowest BCUT2D eigenvalue weighted by molar-refractivity contribution is 0.0953. The Balaban J connectivity index is 1.95. The number of aromatic amines is 1. The van der Waals surface area contributed by atoms with Gasteiger partial charge in [-0.2, -0.15) is 10.5 Å². The fourth-order valence-electron chi connectivity index (χ4n) is 1.95. The van der Waals surface area contributed by atoms with Crippen LogP contribution in [0.4, 0.5) is 0 Å². The van der Waals surface area contributed by atoms with Crippen LogP contribution in [0.2, 0.25) is 0 Å². The molecule has 6 nitrogen and oxygen atoms in total. The predicted molar refractivity (Wildman–Crippen MR) is 75.1 cm³/mol. The van der Waals surface area contributed by atoms with Gasteiger partial charge in [0.25, 0.3) is 5.91 Å². The number of nitrogens with one attached hydrogen (secondary N) is 2. The molecule has 104 valence electrons. The number of imidazole rings is 1. The largest absolute Gasteiger partial charge is 0.352 e. The molecule has 0 unspecified atom stereocenters. The van der Waals surface area contributed by atoms with E-state index in [0.717, 1.165) is 18.5 Å². The van der Waals surface area contributed by atoms with Gasteiger partial charge in [-0.1, -0.05) is 6.07 Å². The predicted octanol–water partition coefficient (Wildman–Crippen LogP) is 1.52. The molecule has 2 rings (SSSR count). The first-order valence-electron chi connectivity index (χ1n) is 6.45. The van der Waals surface area contributed by atoms with E-state index >= 15 is 0 Å². The zero-order valence-corrected chi connectivity index (χ0v) is 11.3. The van der Waals surface area contributed by atoms with Gasteiger partial charge in [-0.05, 0) is 25.0 Å². The molecule has 0 aliphatic rings. The number of nitrogens with zero attached hydrogens (tertiary/aromatic N) is 3.